The van der Waals surface area contributed by atoms with Crippen molar-refractivity contribution in [2.24, 2.45) is 0 Å². The van der Waals surface area contributed by atoms with Gasteiger partial charge in [0, 0.05) is 30.4 Å². The number of nitrogens with one attached hydrogen (secondary N) is 2. The van der Waals surface area contributed by atoms with Gasteiger partial charge in [-0.25, -0.2) is 4.79 Å². The number of urea groups is 1. The van der Waals surface area contributed by atoms with Crippen LogP contribution in [0.1, 0.15) is 23.2 Å². The monoisotopic (exact) mass is 391 g/mol. The summed E-state index contributed by atoms with van der Waals surface area (Å²) in [5.74, 6) is -0.184. The van der Waals surface area contributed by atoms with Gasteiger partial charge >= 0.3 is 6.03 Å². The van der Waals surface area contributed by atoms with Gasteiger partial charge < -0.3 is 15.5 Å². The summed E-state index contributed by atoms with van der Waals surface area (Å²) in [6.45, 7) is 1.18. The van der Waals surface area contributed by atoms with Crippen LogP contribution in [0.2, 0.25) is 10.0 Å². The summed E-state index contributed by atoms with van der Waals surface area (Å²) in [6, 6.07) is 14.1. The van der Waals surface area contributed by atoms with E-state index in [-0.39, 0.29) is 18.0 Å². The first-order chi connectivity index (χ1) is 12.5. The lowest BCUT2D eigenvalue weighted by atomic mass is 10.0. The fraction of sp³-hybridized carbons (Fsp3) is 0.263. The molecule has 2 N–H and O–H groups in total. The standard InChI is InChI=1S/C19H19Cl2N3O2/c20-16-7-6-13(12-17(16)21)18(25)22-15-8-10-24(11-9-15)19(26)23-14-4-2-1-3-5-14/h1-7,12,15H,8-11H2,(H,22,25)(H,23,26). The minimum Gasteiger partial charge on any atom is -0.349 e. The van der Waals surface area contributed by atoms with Crippen LogP contribution in [0.5, 0.6) is 0 Å². The third-order valence-corrected chi connectivity index (χ3v) is 5.06. The molecule has 0 saturated carbocycles. The Bertz CT molecular complexity index is 791. The number of piperidine rings is 1. The normalized spacial score (nSPS) is 14.8. The molecule has 3 amide bonds. The number of hydrogen-bond acceptors (Lipinski definition) is 2. The smallest absolute Gasteiger partial charge is 0.321 e. The zero-order valence-electron chi connectivity index (χ0n) is 14.0. The van der Waals surface area contributed by atoms with Crippen molar-refractivity contribution in [1.29, 1.82) is 0 Å². The molecule has 0 unspecified atom stereocenters. The van der Waals surface area contributed by atoms with Crippen molar-refractivity contribution in [1.82, 2.24) is 10.2 Å². The van der Waals surface area contributed by atoms with E-state index in [0.29, 0.717) is 41.5 Å². The number of rotatable bonds is 3. The Morgan fingerprint density at radius 1 is 0.962 bits per heavy atom. The first kappa shape index (κ1) is 18.5. The summed E-state index contributed by atoms with van der Waals surface area (Å²) in [4.78, 5) is 26.4. The van der Waals surface area contributed by atoms with Crippen LogP contribution in [0.3, 0.4) is 0 Å². The average Bonchev–Trinajstić information content (AvgIpc) is 2.65. The van der Waals surface area contributed by atoms with E-state index >= 15 is 0 Å². The van der Waals surface area contributed by atoms with E-state index in [1.54, 1.807) is 23.1 Å². The molecule has 136 valence electrons. The number of hydrogen-bond donors (Lipinski definition) is 2. The van der Waals surface area contributed by atoms with Crippen molar-refractivity contribution in [2.45, 2.75) is 18.9 Å². The van der Waals surface area contributed by atoms with Gasteiger partial charge in [0.2, 0.25) is 0 Å². The SMILES string of the molecule is O=C(NC1CCN(C(=O)Nc2ccccc2)CC1)c1ccc(Cl)c(Cl)c1. The average molecular weight is 392 g/mol. The van der Waals surface area contributed by atoms with Crippen molar-refractivity contribution in [3.8, 4) is 0 Å². The van der Waals surface area contributed by atoms with E-state index in [0.717, 1.165) is 5.69 Å². The molecule has 3 rings (SSSR count). The third kappa shape index (κ3) is 4.68. The molecule has 5 nitrogen and oxygen atoms in total. The number of amides is 3. The van der Waals surface area contributed by atoms with Gasteiger partial charge in [0.25, 0.3) is 5.91 Å². The van der Waals surface area contributed by atoms with Gasteiger partial charge in [-0.1, -0.05) is 41.4 Å². The number of carbonyl (C=O) groups is 2. The Morgan fingerprint density at radius 3 is 2.31 bits per heavy atom. The number of carbonyl (C=O) groups excluding carboxylic acids is 2. The summed E-state index contributed by atoms with van der Waals surface area (Å²) < 4.78 is 0. The molecule has 1 heterocycles. The molecule has 0 aromatic heterocycles. The van der Waals surface area contributed by atoms with Crippen LogP contribution >= 0.6 is 23.2 Å². The van der Waals surface area contributed by atoms with Gasteiger partial charge in [-0.15, -0.1) is 0 Å². The van der Waals surface area contributed by atoms with Gasteiger partial charge in [-0.05, 0) is 43.2 Å². The Labute approximate surface area is 162 Å². The van der Waals surface area contributed by atoms with E-state index in [1.807, 2.05) is 30.3 Å². The fourth-order valence-corrected chi connectivity index (χ4v) is 3.16. The van der Waals surface area contributed by atoms with Crippen LogP contribution in [-0.4, -0.2) is 36.0 Å². The Morgan fingerprint density at radius 2 is 1.65 bits per heavy atom. The van der Waals surface area contributed by atoms with Gasteiger partial charge in [-0.3, -0.25) is 4.79 Å². The highest BCUT2D eigenvalue weighted by Gasteiger charge is 2.24. The second-order valence-corrected chi connectivity index (χ2v) is 6.97. The maximum Gasteiger partial charge on any atom is 0.321 e. The number of anilines is 1. The van der Waals surface area contributed by atoms with E-state index in [1.165, 1.54) is 0 Å². The van der Waals surface area contributed by atoms with Gasteiger partial charge in [0.05, 0.1) is 10.0 Å². The Kier molecular flexibility index (Phi) is 6.01. The number of likely N-dealkylation sites (tertiary alicyclic amines) is 1. The lowest BCUT2D eigenvalue weighted by molar-refractivity contribution is 0.0919. The predicted octanol–water partition coefficient (Wildman–Crippen LogP) is 4.42. The van der Waals surface area contributed by atoms with Crippen LogP contribution in [0.15, 0.2) is 48.5 Å². The summed E-state index contributed by atoms with van der Waals surface area (Å²) in [7, 11) is 0. The van der Waals surface area contributed by atoms with E-state index in [4.69, 9.17) is 23.2 Å². The molecule has 1 aliphatic heterocycles. The maximum absolute atomic E-state index is 12.3. The molecule has 0 spiro atoms. The topological polar surface area (TPSA) is 61.4 Å². The highest BCUT2D eigenvalue weighted by atomic mass is 35.5. The summed E-state index contributed by atoms with van der Waals surface area (Å²) >= 11 is 11.8. The first-order valence-corrected chi connectivity index (χ1v) is 9.15. The summed E-state index contributed by atoms with van der Waals surface area (Å²) in [6.07, 6.45) is 1.41. The molecular weight excluding hydrogens is 373 g/mol. The molecule has 1 aliphatic rings. The predicted molar refractivity (Wildman–Crippen MR) is 104 cm³/mol. The number of halogens is 2. The summed E-state index contributed by atoms with van der Waals surface area (Å²) in [5, 5.41) is 6.64. The number of para-hydroxylation sites is 1. The molecule has 0 aliphatic carbocycles. The molecular formula is C19H19Cl2N3O2. The molecule has 0 bridgehead atoms. The van der Waals surface area contributed by atoms with Crippen molar-refractivity contribution in [3.63, 3.8) is 0 Å². The van der Waals surface area contributed by atoms with E-state index < -0.39 is 0 Å². The molecule has 0 atom stereocenters. The quantitative estimate of drug-likeness (QED) is 0.813. The minimum atomic E-state index is -0.184. The van der Waals surface area contributed by atoms with Gasteiger partial charge in [0.15, 0.2) is 0 Å². The summed E-state index contributed by atoms with van der Waals surface area (Å²) in [5.41, 5.74) is 1.25. The van der Waals surface area contributed by atoms with E-state index in [9.17, 15) is 9.59 Å². The Hall–Kier alpha value is -2.24. The lowest BCUT2D eigenvalue weighted by Gasteiger charge is -2.32. The zero-order chi connectivity index (χ0) is 18.5. The van der Waals surface area contributed by atoms with Gasteiger partial charge in [0.1, 0.15) is 0 Å². The second-order valence-electron chi connectivity index (χ2n) is 6.16. The first-order valence-electron chi connectivity index (χ1n) is 8.40. The molecule has 2 aromatic rings. The van der Waals surface area contributed by atoms with Gasteiger partial charge in [-0.2, -0.15) is 0 Å². The fourth-order valence-electron chi connectivity index (χ4n) is 2.86. The van der Waals surface area contributed by atoms with Crippen LogP contribution in [-0.2, 0) is 0 Å². The van der Waals surface area contributed by atoms with Crippen molar-refractivity contribution < 1.29 is 9.59 Å². The minimum absolute atomic E-state index is 0.0257. The highest BCUT2D eigenvalue weighted by molar-refractivity contribution is 6.42. The van der Waals surface area contributed by atoms with Crippen LogP contribution in [0.25, 0.3) is 0 Å². The van der Waals surface area contributed by atoms with Crippen LogP contribution in [0, 0.1) is 0 Å². The molecule has 26 heavy (non-hydrogen) atoms. The third-order valence-electron chi connectivity index (χ3n) is 4.32. The van der Waals surface area contributed by atoms with E-state index in [2.05, 4.69) is 10.6 Å². The Balaban J connectivity index is 1.49. The number of nitrogens with zero attached hydrogens (tertiary/aromatic N) is 1. The molecule has 7 heteroatoms. The highest BCUT2D eigenvalue weighted by Crippen LogP contribution is 2.23. The second kappa shape index (κ2) is 8.43. The zero-order valence-corrected chi connectivity index (χ0v) is 15.6. The largest absolute Gasteiger partial charge is 0.349 e. The van der Waals surface area contributed by atoms with Crippen molar-refractivity contribution >= 4 is 40.8 Å². The molecule has 2 aromatic carbocycles. The molecule has 1 saturated heterocycles. The maximum atomic E-state index is 12.3. The molecule has 1 fully saturated rings. The van der Waals surface area contributed by atoms with Crippen molar-refractivity contribution in [3.05, 3.63) is 64.1 Å². The lowest BCUT2D eigenvalue weighted by Crippen LogP contribution is -2.47. The van der Waals surface area contributed by atoms with Crippen LogP contribution in [0.4, 0.5) is 10.5 Å². The molecule has 0 radical (unpaired) electrons. The van der Waals surface area contributed by atoms with Crippen LogP contribution < -0.4 is 10.6 Å². The number of benzene rings is 2. The van der Waals surface area contributed by atoms with Crippen molar-refractivity contribution in [2.75, 3.05) is 18.4 Å².